The highest BCUT2D eigenvalue weighted by molar-refractivity contribution is 6.07. The van der Waals surface area contributed by atoms with Crippen LogP contribution in [0.25, 0.3) is 0 Å². The highest BCUT2D eigenvalue weighted by Gasteiger charge is 2.21. The van der Waals surface area contributed by atoms with Crippen LogP contribution in [-0.2, 0) is 4.79 Å². The summed E-state index contributed by atoms with van der Waals surface area (Å²) in [6.45, 7) is 8.50. The van der Waals surface area contributed by atoms with E-state index in [1.807, 2.05) is 42.5 Å². The third kappa shape index (κ3) is 6.32. The number of amides is 1. The smallest absolute Gasteiger partial charge is 0.230 e. The zero-order chi connectivity index (χ0) is 23.8. The van der Waals surface area contributed by atoms with Crippen LogP contribution in [0.15, 0.2) is 84.0 Å². The predicted octanol–water partition coefficient (Wildman–Crippen LogP) is 7.31. The maximum atomic E-state index is 13.1. The minimum atomic E-state index is -0.169. The van der Waals surface area contributed by atoms with E-state index in [2.05, 4.69) is 74.6 Å². The van der Waals surface area contributed by atoms with Gasteiger partial charge in [-0.05, 0) is 34.1 Å². The molecule has 33 heavy (non-hydrogen) atoms. The van der Waals surface area contributed by atoms with Gasteiger partial charge < -0.3 is 10.5 Å². The number of carbonyl (C=O) groups is 1. The molecule has 0 aliphatic carbocycles. The molecule has 3 aromatic rings. The average Bonchev–Trinajstić information content (AvgIpc) is 2.82. The zero-order valence-electron chi connectivity index (χ0n) is 20.0. The van der Waals surface area contributed by atoms with Gasteiger partial charge >= 0.3 is 0 Å². The van der Waals surface area contributed by atoms with Gasteiger partial charge in [-0.15, -0.1) is 0 Å². The average molecular weight is 443 g/mol. The van der Waals surface area contributed by atoms with Crippen LogP contribution < -0.4 is 5.32 Å². The highest BCUT2D eigenvalue weighted by Crippen LogP contribution is 2.33. The van der Waals surface area contributed by atoms with Crippen molar-refractivity contribution in [3.05, 3.63) is 101 Å². The van der Waals surface area contributed by atoms with Gasteiger partial charge in [0.2, 0.25) is 5.91 Å². The lowest BCUT2D eigenvalue weighted by Crippen LogP contribution is -2.20. The fraction of sp³-hybridized carbons (Fsp3) is 0.310. The Morgan fingerprint density at radius 2 is 1.27 bits per heavy atom. The molecular weight excluding hydrogens is 408 g/mol. The zero-order valence-corrected chi connectivity index (χ0v) is 20.0. The Labute approximate surface area is 197 Å². The second-order valence-electron chi connectivity index (χ2n) is 9.09. The first kappa shape index (κ1) is 24.2. The molecule has 0 saturated carbocycles. The van der Waals surface area contributed by atoms with E-state index >= 15 is 0 Å². The number of nitrogens with one attached hydrogen (secondary N) is 1. The molecule has 0 heterocycles. The Balaban J connectivity index is 1.82. The van der Waals surface area contributed by atoms with E-state index in [-0.39, 0.29) is 30.1 Å². The minimum Gasteiger partial charge on any atom is -0.411 e. The SMILES string of the molecule is CC(C)c1cccc(C(C)C)c1NC(=O)CC(CC(c1ccccc1)c1ccccc1)=NO. The van der Waals surface area contributed by atoms with E-state index in [4.69, 9.17) is 0 Å². The molecule has 0 fully saturated rings. The van der Waals surface area contributed by atoms with Gasteiger partial charge in [-0.25, -0.2) is 0 Å². The van der Waals surface area contributed by atoms with Gasteiger partial charge in [-0.2, -0.15) is 0 Å². The van der Waals surface area contributed by atoms with Crippen LogP contribution in [0.1, 0.15) is 80.5 Å². The first-order valence-electron chi connectivity index (χ1n) is 11.6. The summed E-state index contributed by atoms with van der Waals surface area (Å²) in [5.74, 6) is 0.397. The standard InChI is InChI=1S/C29H34N2O2/c1-20(2)25-16-11-17-26(21(3)4)29(25)30-28(32)19-24(31-33)18-27(22-12-7-5-8-13-22)23-14-9-6-10-15-23/h5-17,20-21,27,33H,18-19H2,1-4H3,(H,30,32). The summed E-state index contributed by atoms with van der Waals surface area (Å²) in [6.07, 6.45) is 0.497. The van der Waals surface area contributed by atoms with Gasteiger partial charge in [0.15, 0.2) is 0 Å². The van der Waals surface area contributed by atoms with Crippen molar-refractivity contribution >= 4 is 17.3 Å². The van der Waals surface area contributed by atoms with Gasteiger partial charge in [-0.1, -0.05) is 112 Å². The number of hydrogen-bond acceptors (Lipinski definition) is 3. The van der Waals surface area contributed by atoms with Crippen LogP contribution >= 0.6 is 0 Å². The van der Waals surface area contributed by atoms with Crippen molar-refractivity contribution in [1.82, 2.24) is 0 Å². The van der Waals surface area contributed by atoms with Gasteiger partial charge in [0.05, 0.1) is 12.1 Å². The molecule has 0 saturated heterocycles. The molecule has 0 radical (unpaired) electrons. The van der Waals surface area contributed by atoms with Crippen molar-refractivity contribution in [2.45, 2.75) is 58.3 Å². The number of anilines is 1. The summed E-state index contributed by atoms with van der Waals surface area (Å²) in [6, 6.07) is 26.4. The second kappa shape index (κ2) is 11.5. The summed E-state index contributed by atoms with van der Waals surface area (Å²) < 4.78 is 0. The van der Waals surface area contributed by atoms with Crippen molar-refractivity contribution in [2.24, 2.45) is 5.16 Å². The third-order valence-corrected chi connectivity index (χ3v) is 5.99. The summed E-state index contributed by atoms with van der Waals surface area (Å²) in [4.78, 5) is 13.1. The van der Waals surface area contributed by atoms with E-state index in [9.17, 15) is 10.0 Å². The lowest BCUT2D eigenvalue weighted by molar-refractivity contribution is -0.115. The molecule has 0 aromatic heterocycles. The number of para-hydroxylation sites is 1. The number of nitrogens with zero attached hydrogens (tertiary/aromatic N) is 1. The number of rotatable bonds is 9. The lowest BCUT2D eigenvalue weighted by atomic mass is 9.86. The summed E-state index contributed by atoms with van der Waals surface area (Å²) >= 11 is 0. The van der Waals surface area contributed by atoms with Crippen molar-refractivity contribution in [3.63, 3.8) is 0 Å². The molecule has 0 bridgehead atoms. The summed E-state index contributed by atoms with van der Waals surface area (Å²) in [5.41, 5.74) is 5.81. The Kier molecular flexibility index (Phi) is 8.42. The molecule has 0 aliphatic rings. The molecule has 2 N–H and O–H groups in total. The number of carbonyl (C=O) groups excluding carboxylic acids is 1. The molecular formula is C29H34N2O2. The minimum absolute atomic E-state index is 0.000255. The van der Waals surface area contributed by atoms with Crippen LogP contribution in [0.5, 0.6) is 0 Å². The molecule has 3 aromatic carbocycles. The molecule has 172 valence electrons. The van der Waals surface area contributed by atoms with E-state index in [0.29, 0.717) is 12.1 Å². The Bertz CT molecular complexity index is 1010. The van der Waals surface area contributed by atoms with Gasteiger partial charge in [0.25, 0.3) is 0 Å². The fourth-order valence-electron chi connectivity index (χ4n) is 4.25. The van der Waals surface area contributed by atoms with E-state index in [1.165, 1.54) is 0 Å². The van der Waals surface area contributed by atoms with Crippen LogP contribution in [0.2, 0.25) is 0 Å². The van der Waals surface area contributed by atoms with Crippen molar-refractivity contribution in [2.75, 3.05) is 5.32 Å². The van der Waals surface area contributed by atoms with Gasteiger partial charge in [-0.3, -0.25) is 4.79 Å². The summed E-state index contributed by atoms with van der Waals surface area (Å²) in [7, 11) is 0. The monoisotopic (exact) mass is 442 g/mol. The third-order valence-electron chi connectivity index (χ3n) is 5.99. The summed E-state index contributed by atoms with van der Waals surface area (Å²) in [5, 5.41) is 16.4. The Morgan fingerprint density at radius 1 is 0.788 bits per heavy atom. The van der Waals surface area contributed by atoms with E-state index < -0.39 is 0 Å². The maximum absolute atomic E-state index is 13.1. The Morgan fingerprint density at radius 3 is 1.70 bits per heavy atom. The lowest BCUT2D eigenvalue weighted by Gasteiger charge is -2.21. The second-order valence-corrected chi connectivity index (χ2v) is 9.09. The van der Waals surface area contributed by atoms with E-state index in [0.717, 1.165) is 27.9 Å². The first-order valence-corrected chi connectivity index (χ1v) is 11.6. The van der Waals surface area contributed by atoms with Crippen LogP contribution in [-0.4, -0.2) is 16.8 Å². The molecule has 4 heteroatoms. The molecule has 0 spiro atoms. The quantitative estimate of drug-likeness (QED) is 0.207. The molecule has 0 aliphatic heterocycles. The maximum Gasteiger partial charge on any atom is 0.230 e. The number of oxime groups is 1. The van der Waals surface area contributed by atoms with Crippen LogP contribution in [0.4, 0.5) is 5.69 Å². The molecule has 0 atom stereocenters. The predicted molar refractivity (Wildman–Crippen MR) is 136 cm³/mol. The topological polar surface area (TPSA) is 61.7 Å². The van der Waals surface area contributed by atoms with Crippen molar-refractivity contribution < 1.29 is 10.0 Å². The van der Waals surface area contributed by atoms with Crippen molar-refractivity contribution in [1.29, 1.82) is 0 Å². The van der Waals surface area contributed by atoms with Gasteiger partial charge in [0.1, 0.15) is 0 Å². The Hall–Kier alpha value is -3.40. The molecule has 1 amide bonds. The van der Waals surface area contributed by atoms with Gasteiger partial charge in [0, 0.05) is 18.0 Å². The van der Waals surface area contributed by atoms with E-state index in [1.54, 1.807) is 0 Å². The largest absolute Gasteiger partial charge is 0.411 e. The number of hydrogen-bond donors (Lipinski definition) is 2. The van der Waals surface area contributed by atoms with Crippen LogP contribution in [0, 0.1) is 0 Å². The number of benzene rings is 3. The van der Waals surface area contributed by atoms with Crippen molar-refractivity contribution in [3.8, 4) is 0 Å². The normalized spacial score (nSPS) is 11.9. The molecule has 0 unspecified atom stereocenters. The fourth-order valence-corrected chi connectivity index (χ4v) is 4.25. The highest BCUT2D eigenvalue weighted by atomic mass is 16.4. The molecule has 4 nitrogen and oxygen atoms in total. The van der Waals surface area contributed by atoms with Crippen LogP contribution in [0.3, 0.4) is 0 Å². The molecule has 3 rings (SSSR count). The first-order chi connectivity index (χ1) is 15.9.